The van der Waals surface area contributed by atoms with Crippen LogP contribution >= 0.6 is 11.6 Å². The van der Waals surface area contributed by atoms with E-state index in [0.717, 1.165) is 5.75 Å². The van der Waals surface area contributed by atoms with Crippen LogP contribution in [0, 0.1) is 5.92 Å². The van der Waals surface area contributed by atoms with Gasteiger partial charge in [-0.3, -0.25) is 9.59 Å². The van der Waals surface area contributed by atoms with Gasteiger partial charge in [-0.15, -0.1) is 11.6 Å². The van der Waals surface area contributed by atoms with Gasteiger partial charge in [0.1, 0.15) is 11.6 Å². The molecule has 0 bridgehead atoms. The van der Waals surface area contributed by atoms with Crippen molar-refractivity contribution in [1.29, 1.82) is 0 Å². The number of carbonyl (C=O) groups excluding carboxylic acids is 2. The minimum absolute atomic E-state index is 0.0188. The quantitative estimate of drug-likeness (QED) is 0.829. The number of amides is 2. The van der Waals surface area contributed by atoms with Crippen LogP contribution in [-0.2, 0) is 4.79 Å². The van der Waals surface area contributed by atoms with Crippen molar-refractivity contribution in [2.75, 3.05) is 32.6 Å². The van der Waals surface area contributed by atoms with Gasteiger partial charge in [0.15, 0.2) is 0 Å². The first kappa shape index (κ1) is 14.7. The highest BCUT2D eigenvalue weighted by Gasteiger charge is 2.29. The molecule has 6 heteroatoms. The van der Waals surface area contributed by atoms with E-state index in [-0.39, 0.29) is 17.7 Å². The van der Waals surface area contributed by atoms with Crippen LogP contribution in [0.1, 0.15) is 10.4 Å². The summed E-state index contributed by atoms with van der Waals surface area (Å²) in [6.07, 6.45) is 0. The molecule has 5 nitrogen and oxygen atoms in total. The number of ether oxygens (including phenoxy) is 1. The number of hydrogen-bond donors (Lipinski definition) is 1. The van der Waals surface area contributed by atoms with E-state index in [2.05, 4.69) is 5.32 Å². The third kappa shape index (κ3) is 3.42. The molecule has 2 amide bonds. The Bertz CT molecular complexity index is 484. The molecule has 0 aliphatic carbocycles. The largest absolute Gasteiger partial charge is 0.497 e. The number of carbonyl (C=O) groups is 2. The molecule has 1 fully saturated rings. The first-order valence-corrected chi connectivity index (χ1v) is 6.93. The first-order chi connectivity index (χ1) is 9.63. The summed E-state index contributed by atoms with van der Waals surface area (Å²) in [6, 6.07) is 6.94. The number of halogens is 1. The summed E-state index contributed by atoms with van der Waals surface area (Å²) in [7, 11) is 1.58. The zero-order valence-corrected chi connectivity index (χ0v) is 12.0. The summed E-state index contributed by atoms with van der Waals surface area (Å²) >= 11 is 5.47. The van der Waals surface area contributed by atoms with Crippen LogP contribution in [0.25, 0.3) is 0 Å². The Morgan fingerprint density at radius 2 is 2.00 bits per heavy atom. The summed E-state index contributed by atoms with van der Waals surface area (Å²) in [5.41, 5.74) is 0.596. The average Bonchev–Trinajstić information content (AvgIpc) is 2.45. The van der Waals surface area contributed by atoms with Gasteiger partial charge in [0.05, 0.1) is 7.11 Å². The van der Waals surface area contributed by atoms with Gasteiger partial charge in [0, 0.05) is 31.1 Å². The topological polar surface area (TPSA) is 58.6 Å². The molecule has 0 radical (unpaired) electrons. The summed E-state index contributed by atoms with van der Waals surface area (Å²) in [5.74, 6) is 0.879. The number of benzene rings is 1. The molecule has 2 rings (SSSR count). The fourth-order valence-electron chi connectivity index (χ4n) is 2.07. The molecule has 1 aliphatic heterocycles. The highest BCUT2D eigenvalue weighted by Crippen LogP contribution is 2.15. The van der Waals surface area contributed by atoms with E-state index in [4.69, 9.17) is 16.3 Å². The van der Waals surface area contributed by atoms with Gasteiger partial charge in [-0.2, -0.15) is 0 Å². The summed E-state index contributed by atoms with van der Waals surface area (Å²) in [6.45, 7) is 1.89. The second-order valence-electron chi connectivity index (χ2n) is 4.74. The second-order valence-corrected chi connectivity index (χ2v) is 5.00. The number of nitrogens with one attached hydrogen (secondary N) is 1. The molecule has 0 atom stereocenters. The van der Waals surface area contributed by atoms with Gasteiger partial charge in [-0.1, -0.05) is 0 Å². The Kier molecular flexibility index (Phi) is 4.84. The van der Waals surface area contributed by atoms with Gasteiger partial charge in [-0.25, -0.2) is 0 Å². The lowest BCUT2D eigenvalue weighted by Crippen LogP contribution is -2.54. The van der Waals surface area contributed by atoms with E-state index in [1.807, 2.05) is 0 Å². The van der Waals surface area contributed by atoms with Gasteiger partial charge < -0.3 is 15.0 Å². The molecule has 0 saturated carbocycles. The van der Waals surface area contributed by atoms with Gasteiger partial charge >= 0.3 is 0 Å². The van der Waals surface area contributed by atoms with Crippen LogP contribution in [0.4, 0.5) is 0 Å². The normalized spacial score (nSPS) is 14.6. The molecule has 0 unspecified atom stereocenters. The number of alkyl halides is 1. The van der Waals surface area contributed by atoms with Crippen LogP contribution in [0.15, 0.2) is 24.3 Å². The number of methoxy groups -OCH3 is 1. The van der Waals surface area contributed by atoms with Crippen molar-refractivity contribution in [1.82, 2.24) is 10.2 Å². The minimum Gasteiger partial charge on any atom is -0.497 e. The number of likely N-dealkylation sites (tertiary alicyclic amines) is 1. The first-order valence-electron chi connectivity index (χ1n) is 6.40. The third-order valence-electron chi connectivity index (χ3n) is 3.33. The summed E-state index contributed by atoms with van der Waals surface area (Å²) in [5, 5.41) is 2.87. The van der Waals surface area contributed by atoms with Crippen molar-refractivity contribution < 1.29 is 14.3 Å². The molecule has 1 heterocycles. The monoisotopic (exact) mass is 296 g/mol. The zero-order chi connectivity index (χ0) is 14.5. The van der Waals surface area contributed by atoms with Crippen LogP contribution in [-0.4, -0.2) is 49.3 Å². The third-order valence-corrected chi connectivity index (χ3v) is 3.56. The second kappa shape index (κ2) is 6.61. The van der Waals surface area contributed by atoms with Crippen LogP contribution in [0.2, 0.25) is 0 Å². The summed E-state index contributed by atoms with van der Waals surface area (Å²) < 4.78 is 5.04. The van der Waals surface area contributed by atoms with Crippen molar-refractivity contribution in [2.45, 2.75) is 0 Å². The predicted octanol–water partition coefficient (Wildman–Crippen LogP) is 1.12. The predicted molar refractivity (Wildman–Crippen MR) is 76.1 cm³/mol. The average molecular weight is 297 g/mol. The fourth-order valence-corrected chi connectivity index (χ4v) is 2.24. The van der Waals surface area contributed by atoms with E-state index in [1.54, 1.807) is 36.3 Å². The maximum atomic E-state index is 11.9. The fraction of sp³-hybridized carbons (Fsp3) is 0.429. The Labute approximate surface area is 122 Å². The van der Waals surface area contributed by atoms with E-state index in [1.165, 1.54) is 0 Å². The summed E-state index contributed by atoms with van der Waals surface area (Å²) in [4.78, 5) is 24.9. The Hall–Kier alpha value is -1.75. The number of nitrogens with zero attached hydrogens (tertiary/aromatic N) is 1. The van der Waals surface area contributed by atoms with Gasteiger partial charge in [-0.05, 0) is 24.3 Å². The van der Waals surface area contributed by atoms with Crippen LogP contribution in [0.5, 0.6) is 5.75 Å². The SMILES string of the molecule is COc1ccc(C(=O)NCC2CN(C(=O)CCl)C2)cc1. The van der Waals surface area contributed by atoms with Crippen LogP contribution < -0.4 is 10.1 Å². The smallest absolute Gasteiger partial charge is 0.251 e. The minimum atomic E-state index is -0.116. The van der Waals surface area contributed by atoms with Crippen molar-refractivity contribution >= 4 is 23.4 Å². The Morgan fingerprint density at radius 1 is 1.35 bits per heavy atom. The molecule has 1 aromatic carbocycles. The van der Waals surface area contributed by atoms with E-state index in [0.29, 0.717) is 31.1 Å². The Balaban J connectivity index is 1.74. The molecule has 108 valence electrons. The van der Waals surface area contributed by atoms with E-state index in [9.17, 15) is 9.59 Å². The highest BCUT2D eigenvalue weighted by molar-refractivity contribution is 6.27. The molecule has 20 heavy (non-hydrogen) atoms. The number of hydrogen-bond acceptors (Lipinski definition) is 3. The van der Waals surface area contributed by atoms with E-state index < -0.39 is 0 Å². The molecular formula is C14H17ClN2O3. The van der Waals surface area contributed by atoms with Crippen molar-refractivity contribution in [3.63, 3.8) is 0 Å². The molecule has 0 spiro atoms. The lowest BCUT2D eigenvalue weighted by atomic mass is 10.00. The maximum Gasteiger partial charge on any atom is 0.251 e. The molecule has 1 saturated heterocycles. The molecule has 0 aromatic heterocycles. The van der Waals surface area contributed by atoms with Gasteiger partial charge in [0.2, 0.25) is 5.91 Å². The molecular weight excluding hydrogens is 280 g/mol. The van der Waals surface area contributed by atoms with Crippen molar-refractivity contribution in [3.05, 3.63) is 29.8 Å². The van der Waals surface area contributed by atoms with E-state index >= 15 is 0 Å². The van der Waals surface area contributed by atoms with Gasteiger partial charge in [0.25, 0.3) is 5.91 Å². The molecule has 1 aliphatic rings. The lowest BCUT2D eigenvalue weighted by molar-refractivity contribution is -0.134. The van der Waals surface area contributed by atoms with Crippen LogP contribution in [0.3, 0.4) is 0 Å². The molecule has 1 N–H and O–H groups in total. The standard InChI is InChI=1S/C14H17ClN2O3/c1-20-12-4-2-11(3-5-12)14(19)16-7-10-8-17(9-10)13(18)6-15/h2-5,10H,6-9H2,1H3,(H,16,19). The van der Waals surface area contributed by atoms with Crippen molar-refractivity contribution in [2.24, 2.45) is 5.92 Å². The Morgan fingerprint density at radius 3 is 2.55 bits per heavy atom. The molecule has 1 aromatic rings. The maximum absolute atomic E-state index is 11.9. The van der Waals surface area contributed by atoms with Crippen molar-refractivity contribution in [3.8, 4) is 5.75 Å². The number of rotatable bonds is 5. The highest BCUT2D eigenvalue weighted by atomic mass is 35.5. The zero-order valence-electron chi connectivity index (χ0n) is 11.3. The lowest BCUT2D eigenvalue weighted by Gasteiger charge is -2.39.